The lowest BCUT2D eigenvalue weighted by Gasteiger charge is -2.12. The molecule has 0 saturated heterocycles. The Bertz CT molecular complexity index is 781. The number of oxime groups is 1. The highest BCUT2D eigenvalue weighted by atomic mass is 35.5. The summed E-state index contributed by atoms with van der Waals surface area (Å²) in [5.41, 5.74) is 1.47. The van der Waals surface area contributed by atoms with Gasteiger partial charge in [0.1, 0.15) is 25.3 Å². The molecule has 0 heterocycles. The first-order chi connectivity index (χ1) is 12.1. The van der Waals surface area contributed by atoms with Gasteiger partial charge in [0, 0.05) is 18.2 Å². The second-order valence-electron chi connectivity index (χ2n) is 5.00. The maximum atomic E-state index is 13.2. The minimum absolute atomic E-state index is 0.0188. The molecule has 7 heteroatoms. The number of hydrogen-bond acceptors (Lipinski definition) is 4. The van der Waals surface area contributed by atoms with Gasteiger partial charge in [-0.1, -0.05) is 41.0 Å². The molecule has 0 aliphatic heterocycles. The highest BCUT2D eigenvalue weighted by Gasteiger charge is 2.18. The van der Waals surface area contributed by atoms with Crippen LogP contribution in [0.25, 0.3) is 0 Å². The number of halogens is 2. The van der Waals surface area contributed by atoms with Crippen LogP contribution >= 0.6 is 11.6 Å². The Morgan fingerprint density at radius 2 is 2.04 bits per heavy atom. The second-order valence-corrected chi connectivity index (χ2v) is 5.41. The molecule has 0 bridgehead atoms. The van der Waals surface area contributed by atoms with Gasteiger partial charge in [0.05, 0.1) is 5.02 Å². The van der Waals surface area contributed by atoms with Gasteiger partial charge >= 0.3 is 0 Å². The summed E-state index contributed by atoms with van der Waals surface area (Å²) in [6.45, 7) is 2.43. The normalized spacial score (nSPS) is 11.1. The van der Waals surface area contributed by atoms with Gasteiger partial charge in [0.2, 0.25) is 0 Å². The van der Waals surface area contributed by atoms with Crippen molar-refractivity contribution in [1.82, 2.24) is 5.32 Å². The molecule has 25 heavy (non-hydrogen) atoms. The zero-order chi connectivity index (χ0) is 18.2. The molecule has 132 valence electrons. The van der Waals surface area contributed by atoms with Crippen molar-refractivity contribution in [2.24, 2.45) is 5.16 Å². The van der Waals surface area contributed by atoms with Crippen LogP contribution in [0.4, 0.5) is 4.39 Å². The molecule has 0 saturated carbocycles. The largest absolute Gasteiger partial charge is 0.489 e. The van der Waals surface area contributed by atoms with Gasteiger partial charge in [-0.15, -0.1) is 0 Å². The average molecular weight is 365 g/mol. The molecule has 1 N–H and O–H groups in total. The first-order valence-electron chi connectivity index (χ1n) is 7.62. The Morgan fingerprint density at radius 3 is 2.72 bits per heavy atom. The van der Waals surface area contributed by atoms with Crippen molar-refractivity contribution < 1.29 is 18.8 Å². The number of hydrogen-bond donors (Lipinski definition) is 1. The number of ether oxygens (including phenoxy) is 1. The molecule has 2 aromatic rings. The number of carbonyl (C=O) groups excluding carboxylic acids is 1. The molecule has 0 unspecified atom stereocenters. The fourth-order valence-corrected chi connectivity index (χ4v) is 2.32. The van der Waals surface area contributed by atoms with Gasteiger partial charge < -0.3 is 14.9 Å². The summed E-state index contributed by atoms with van der Waals surface area (Å²) in [6, 6.07) is 11.3. The van der Waals surface area contributed by atoms with E-state index in [0.29, 0.717) is 17.9 Å². The van der Waals surface area contributed by atoms with Crippen molar-refractivity contribution in [3.63, 3.8) is 0 Å². The number of nitrogens with zero attached hydrogens (tertiary/aromatic N) is 1. The quantitative estimate of drug-likeness (QED) is 0.603. The summed E-state index contributed by atoms with van der Waals surface area (Å²) < 4.78 is 18.9. The molecule has 5 nitrogen and oxygen atoms in total. The predicted octanol–water partition coefficient (Wildman–Crippen LogP) is 3.54. The van der Waals surface area contributed by atoms with Crippen LogP contribution in [0.5, 0.6) is 5.75 Å². The zero-order valence-corrected chi connectivity index (χ0v) is 14.6. The van der Waals surface area contributed by atoms with Crippen LogP contribution < -0.4 is 10.1 Å². The highest BCUT2D eigenvalue weighted by molar-refractivity contribution is 6.45. The third-order valence-corrected chi connectivity index (χ3v) is 3.58. The number of rotatable bonds is 7. The Balaban J connectivity index is 2.25. The van der Waals surface area contributed by atoms with Crippen LogP contribution in [-0.4, -0.2) is 25.3 Å². The van der Waals surface area contributed by atoms with Crippen LogP contribution in [-0.2, 0) is 16.2 Å². The molecule has 1 amide bonds. The van der Waals surface area contributed by atoms with Gasteiger partial charge in [0.15, 0.2) is 5.71 Å². The Labute approximate surface area is 150 Å². The van der Waals surface area contributed by atoms with Crippen molar-refractivity contribution in [1.29, 1.82) is 0 Å². The van der Waals surface area contributed by atoms with Crippen LogP contribution in [0.3, 0.4) is 0 Å². The van der Waals surface area contributed by atoms with E-state index in [4.69, 9.17) is 21.2 Å². The highest BCUT2D eigenvalue weighted by Crippen LogP contribution is 2.22. The zero-order valence-electron chi connectivity index (χ0n) is 13.9. The van der Waals surface area contributed by atoms with E-state index in [2.05, 4.69) is 10.5 Å². The SMILES string of the molecule is CCNC(=O)/C(=N\OC)c1ccccc1COc1ccc(F)c(Cl)c1. The number of amides is 1. The van der Waals surface area contributed by atoms with Gasteiger partial charge in [0.25, 0.3) is 5.91 Å². The number of likely N-dealkylation sites (N-methyl/N-ethyl adjacent to an activating group) is 1. The van der Waals surface area contributed by atoms with E-state index in [0.717, 1.165) is 5.56 Å². The predicted molar refractivity (Wildman–Crippen MR) is 94.4 cm³/mol. The topological polar surface area (TPSA) is 59.9 Å². The lowest BCUT2D eigenvalue weighted by atomic mass is 10.0. The molecule has 0 fully saturated rings. The molecule has 0 aromatic heterocycles. The molecule has 0 spiro atoms. The number of nitrogens with one attached hydrogen (secondary N) is 1. The van der Waals surface area contributed by atoms with Crippen molar-refractivity contribution in [3.8, 4) is 5.75 Å². The summed E-state index contributed by atoms with van der Waals surface area (Å²) in [7, 11) is 1.37. The minimum Gasteiger partial charge on any atom is -0.489 e. The Hall–Kier alpha value is -2.60. The maximum Gasteiger partial charge on any atom is 0.273 e. The average Bonchev–Trinajstić information content (AvgIpc) is 2.61. The molecule has 2 rings (SSSR count). The van der Waals surface area contributed by atoms with Gasteiger partial charge in [-0.05, 0) is 24.6 Å². The Kier molecular flexibility index (Phi) is 6.77. The number of carbonyl (C=O) groups is 1. The molecular weight excluding hydrogens is 347 g/mol. The lowest BCUT2D eigenvalue weighted by Crippen LogP contribution is -2.32. The summed E-state index contributed by atoms with van der Waals surface area (Å²) >= 11 is 5.75. The summed E-state index contributed by atoms with van der Waals surface area (Å²) in [5, 5.41) is 6.51. The fourth-order valence-electron chi connectivity index (χ4n) is 2.15. The smallest absolute Gasteiger partial charge is 0.273 e. The summed E-state index contributed by atoms with van der Waals surface area (Å²) in [6.07, 6.45) is 0. The monoisotopic (exact) mass is 364 g/mol. The Morgan fingerprint density at radius 1 is 1.28 bits per heavy atom. The van der Waals surface area contributed by atoms with Crippen molar-refractivity contribution in [2.75, 3.05) is 13.7 Å². The molecule has 0 aliphatic carbocycles. The summed E-state index contributed by atoms with van der Waals surface area (Å²) in [4.78, 5) is 17.0. The number of benzene rings is 2. The van der Waals surface area contributed by atoms with E-state index in [-0.39, 0.29) is 23.2 Å². The molecule has 2 aromatic carbocycles. The molecule has 0 atom stereocenters. The van der Waals surface area contributed by atoms with E-state index >= 15 is 0 Å². The standard InChI is InChI=1S/C18H18ClFN2O3/c1-3-21-18(23)17(22-24-2)14-7-5-4-6-12(14)11-25-13-8-9-16(20)15(19)10-13/h4-10H,3,11H2,1-2H3,(H,21,23)/b22-17-. The first kappa shape index (κ1) is 18.7. The minimum atomic E-state index is -0.514. The van der Waals surface area contributed by atoms with Crippen molar-refractivity contribution in [2.45, 2.75) is 13.5 Å². The second kappa shape index (κ2) is 9.03. The summed E-state index contributed by atoms with van der Waals surface area (Å²) in [5.74, 6) is -0.439. The molecule has 0 radical (unpaired) electrons. The van der Waals surface area contributed by atoms with E-state index in [1.165, 1.54) is 25.3 Å². The van der Waals surface area contributed by atoms with Crippen LogP contribution in [0.1, 0.15) is 18.1 Å². The van der Waals surface area contributed by atoms with Gasteiger partial charge in [-0.2, -0.15) is 0 Å². The molecule has 0 aliphatic rings. The van der Waals surface area contributed by atoms with Crippen molar-refractivity contribution in [3.05, 3.63) is 64.4 Å². The first-order valence-corrected chi connectivity index (χ1v) is 8.00. The lowest BCUT2D eigenvalue weighted by molar-refractivity contribution is -0.114. The van der Waals surface area contributed by atoms with Gasteiger partial charge in [-0.3, -0.25) is 4.79 Å². The van der Waals surface area contributed by atoms with Crippen LogP contribution in [0, 0.1) is 5.82 Å². The molecular formula is C18H18ClFN2O3. The fraction of sp³-hybridized carbons (Fsp3) is 0.222. The van der Waals surface area contributed by atoms with Crippen molar-refractivity contribution >= 4 is 23.2 Å². The van der Waals surface area contributed by atoms with E-state index in [1.54, 1.807) is 12.1 Å². The van der Waals surface area contributed by atoms with Gasteiger partial charge in [-0.25, -0.2) is 4.39 Å². The van der Waals surface area contributed by atoms with Crippen LogP contribution in [0.15, 0.2) is 47.6 Å². The van der Waals surface area contributed by atoms with Crippen LogP contribution in [0.2, 0.25) is 5.02 Å². The maximum absolute atomic E-state index is 13.2. The van der Waals surface area contributed by atoms with E-state index in [9.17, 15) is 9.18 Å². The third-order valence-electron chi connectivity index (χ3n) is 3.29. The van der Waals surface area contributed by atoms with E-state index in [1.807, 2.05) is 19.1 Å². The van der Waals surface area contributed by atoms with E-state index < -0.39 is 5.82 Å². The third kappa shape index (κ3) is 4.93.